The minimum Gasteiger partial charge on any atom is -0.201 e. The summed E-state index contributed by atoms with van der Waals surface area (Å²) in [6.07, 6.45) is 16.8. The van der Waals surface area contributed by atoms with Crippen LogP contribution in [-0.4, -0.2) is 0 Å². The summed E-state index contributed by atoms with van der Waals surface area (Å²) in [5.74, 6) is 1.71. The molecule has 0 unspecified atom stereocenters. The summed E-state index contributed by atoms with van der Waals surface area (Å²) in [7, 11) is 10.7. The van der Waals surface area contributed by atoms with Gasteiger partial charge in [-0.25, -0.2) is 22.8 Å². The first-order chi connectivity index (χ1) is 43.4. The molecule has 0 aliphatic carbocycles. The molecule has 0 saturated heterocycles. The van der Waals surface area contributed by atoms with Crippen LogP contribution in [0.4, 0.5) is 0 Å². The van der Waals surface area contributed by atoms with Crippen molar-refractivity contribution < 1.29 is 22.8 Å². The number of hydrogen-bond donors (Lipinski definition) is 0. The second kappa shape index (κ2) is 33.8. The molecule has 5 aromatic heterocycles. The van der Waals surface area contributed by atoms with Gasteiger partial charge in [0, 0.05) is 86.0 Å². The van der Waals surface area contributed by atoms with Crippen molar-refractivity contribution in [2.24, 2.45) is 35.2 Å². The van der Waals surface area contributed by atoms with Gasteiger partial charge < -0.3 is 0 Å². The molecule has 91 heavy (non-hydrogen) atoms. The van der Waals surface area contributed by atoms with E-state index in [1.807, 2.05) is 0 Å². The average molecular weight is 1220 g/mol. The first-order valence-corrected chi connectivity index (χ1v) is 33.7. The molecule has 0 bridgehead atoms. The molecular weight excluding hydrogens is 1100 g/mol. The average Bonchev–Trinajstić information content (AvgIpc) is 1.28. The molecule has 0 aliphatic heterocycles. The lowest BCUT2D eigenvalue weighted by Gasteiger charge is -2.13. The monoisotopic (exact) mass is 1210 g/mol. The molecule has 10 aromatic rings. The van der Waals surface area contributed by atoms with Crippen LogP contribution in [0.1, 0.15) is 177 Å². The molecular formula is C86H112N5+5. The molecule has 0 saturated carbocycles. The summed E-state index contributed by atoms with van der Waals surface area (Å²) in [5.41, 5.74) is 34.2. The van der Waals surface area contributed by atoms with Crippen molar-refractivity contribution in [1.82, 2.24) is 0 Å². The second-order valence-corrected chi connectivity index (χ2v) is 26.0. The van der Waals surface area contributed by atoms with Crippen LogP contribution in [0.3, 0.4) is 0 Å². The Hall–Kier alpha value is -8.15. The molecule has 0 spiro atoms. The zero-order valence-electron chi connectivity index (χ0n) is 60.3. The fourth-order valence-electron chi connectivity index (χ4n) is 12.7. The predicted octanol–water partition coefficient (Wildman–Crippen LogP) is 19.2. The number of aromatic nitrogens is 5. The van der Waals surface area contributed by atoms with Gasteiger partial charge in [-0.1, -0.05) is 167 Å². The molecule has 5 heterocycles. The summed E-state index contributed by atoms with van der Waals surface area (Å²) in [6.45, 7) is 40.0. The molecule has 0 atom stereocenters. The Morgan fingerprint density at radius 2 is 0.505 bits per heavy atom. The first kappa shape index (κ1) is 71.9. The zero-order valence-corrected chi connectivity index (χ0v) is 60.3. The first-order valence-electron chi connectivity index (χ1n) is 33.7. The predicted molar refractivity (Wildman–Crippen MR) is 388 cm³/mol. The van der Waals surface area contributed by atoms with E-state index in [4.69, 9.17) is 0 Å². The van der Waals surface area contributed by atoms with Crippen molar-refractivity contribution in [3.8, 4) is 56.3 Å². The smallest absolute Gasteiger partial charge is 0.201 e. The maximum absolute atomic E-state index is 2.37. The Bertz CT molecular complexity index is 4040. The van der Waals surface area contributed by atoms with Gasteiger partial charge in [0.15, 0.2) is 31.0 Å². The lowest BCUT2D eigenvalue weighted by molar-refractivity contribution is -0.661. The molecule has 0 amide bonds. The lowest BCUT2D eigenvalue weighted by Crippen LogP contribution is -2.32. The largest absolute Gasteiger partial charge is 0.212 e. The molecule has 10 rings (SSSR count). The van der Waals surface area contributed by atoms with Crippen LogP contribution >= 0.6 is 0 Å². The Labute approximate surface area is 551 Å². The van der Waals surface area contributed by atoms with Gasteiger partial charge in [0.2, 0.25) is 28.5 Å². The number of benzene rings is 5. The van der Waals surface area contributed by atoms with E-state index in [9.17, 15) is 0 Å². The third kappa shape index (κ3) is 18.3. The van der Waals surface area contributed by atoms with Gasteiger partial charge in [-0.3, -0.25) is 0 Å². The topological polar surface area (TPSA) is 19.4 Å². The molecule has 5 aromatic carbocycles. The van der Waals surface area contributed by atoms with Crippen molar-refractivity contribution in [1.29, 1.82) is 0 Å². The van der Waals surface area contributed by atoms with Crippen LogP contribution in [0.2, 0.25) is 0 Å². The van der Waals surface area contributed by atoms with E-state index in [1.54, 1.807) is 0 Å². The third-order valence-electron chi connectivity index (χ3n) is 18.2. The highest BCUT2D eigenvalue weighted by molar-refractivity contribution is 5.65. The molecule has 0 fully saturated rings. The fraction of sp³-hybridized carbons (Fsp3) is 0.360. The van der Waals surface area contributed by atoms with Gasteiger partial charge in [-0.2, -0.15) is 0 Å². The van der Waals surface area contributed by atoms with Crippen LogP contribution in [0.5, 0.6) is 0 Å². The van der Waals surface area contributed by atoms with E-state index in [0.717, 1.165) is 32.1 Å². The van der Waals surface area contributed by atoms with Gasteiger partial charge in [-0.05, 0) is 184 Å². The lowest BCUT2D eigenvalue weighted by atomic mass is 9.94. The van der Waals surface area contributed by atoms with Crippen LogP contribution in [0.25, 0.3) is 56.3 Å². The van der Waals surface area contributed by atoms with Crippen molar-refractivity contribution in [2.45, 2.75) is 174 Å². The SMILES string of the molecule is CCc1c[n+](C)c(-c2ccccc2C)cc1C(C)C.CCc1cc(-c2ccccc2C)[n+](C)cc1C.CCc1cc(-c2ccccc2C)[n+](C)cc1C(C)C.CCc1cc(-c2ccccc2C)[n+](C)cc1CC.Cc1ccccc1-c1cc(C(C)C)c(C)c[n+]1C. The highest BCUT2D eigenvalue weighted by Crippen LogP contribution is 2.30. The maximum atomic E-state index is 2.37. The van der Waals surface area contributed by atoms with Crippen molar-refractivity contribution in [3.63, 3.8) is 0 Å². The number of nitrogens with zero attached hydrogens (tertiary/aromatic N) is 5. The molecule has 476 valence electrons. The van der Waals surface area contributed by atoms with Crippen LogP contribution in [0, 0.1) is 48.5 Å². The summed E-state index contributed by atoms with van der Waals surface area (Å²) >= 11 is 0. The highest BCUT2D eigenvalue weighted by Gasteiger charge is 2.22. The van der Waals surface area contributed by atoms with E-state index in [2.05, 4.69) is 365 Å². The third-order valence-corrected chi connectivity index (χ3v) is 18.2. The Morgan fingerprint density at radius 3 is 0.835 bits per heavy atom. The van der Waals surface area contributed by atoms with Crippen LogP contribution in [0.15, 0.2) is 183 Å². The highest BCUT2D eigenvalue weighted by atomic mass is 14.9. The zero-order chi connectivity index (χ0) is 66.8. The van der Waals surface area contributed by atoms with Crippen molar-refractivity contribution in [2.75, 3.05) is 0 Å². The van der Waals surface area contributed by atoms with E-state index in [0.29, 0.717) is 17.8 Å². The summed E-state index contributed by atoms with van der Waals surface area (Å²) in [6, 6.07) is 54.6. The summed E-state index contributed by atoms with van der Waals surface area (Å²) < 4.78 is 11.2. The molecule has 5 heteroatoms. The van der Waals surface area contributed by atoms with Gasteiger partial charge in [0.25, 0.3) is 0 Å². The fourth-order valence-corrected chi connectivity index (χ4v) is 12.7. The van der Waals surface area contributed by atoms with Gasteiger partial charge in [0.1, 0.15) is 35.2 Å². The molecule has 5 nitrogen and oxygen atoms in total. The number of hydrogen-bond acceptors (Lipinski definition) is 0. The summed E-state index contributed by atoms with van der Waals surface area (Å²) in [5, 5.41) is 0. The Morgan fingerprint density at radius 1 is 0.242 bits per heavy atom. The molecule has 0 aliphatic rings. The Balaban J connectivity index is 0.000000181. The Kier molecular flexibility index (Phi) is 26.7. The van der Waals surface area contributed by atoms with E-state index in [1.165, 1.54) is 140 Å². The minimum absolute atomic E-state index is 0.564. The normalized spacial score (nSPS) is 10.9. The van der Waals surface area contributed by atoms with Crippen LogP contribution in [-0.2, 0) is 67.3 Å². The number of rotatable bonds is 13. The standard InChI is InChI=1S/2C18H24N.2C17H22N.C16H20N/c1-6-15-12-19(5)18(11-17(15)13(2)3)16-10-8-7-9-14(16)4;1-6-15-11-18(16-10-8-7-9-14(16)4)19(5)12-17(15)13(2)3;1-12(2)16-10-17(18(5)11-14(16)4)15-9-7-6-8-13(15)3;1-5-14-11-17(18(4)12-15(14)6-2)16-10-8-7-9-13(16)3;1-5-14-10-16(17(4)11-13(14)3)15-9-7-6-8-12(15)2/h2*7-13H,6H2,1-5H3;6-12H,1-5H3;7-12H,5-6H2,1-4H3;6-11H,5H2,1-4H3/q5*+1. The quantitative estimate of drug-likeness (QED) is 0.103. The number of pyridine rings is 5. The summed E-state index contributed by atoms with van der Waals surface area (Å²) in [4.78, 5) is 0. The van der Waals surface area contributed by atoms with Gasteiger partial charge >= 0.3 is 0 Å². The second-order valence-electron chi connectivity index (χ2n) is 26.0. The molecule has 0 N–H and O–H groups in total. The van der Waals surface area contributed by atoms with E-state index >= 15 is 0 Å². The van der Waals surface area contributed by atoms with E-state index in [-0.39, 0.29) is 0 Å². The van der Waals surface area contributed by atoms with Gasteiger partial charge in [-0.15, -0.1) is 0 Å². The number of aryl methyl sites for hydroxylation is 17. The minimum atomic E-state index is 0.564. The van der Waals surface area contributed by atoms with Gasteiger partial charge in [0.05, 0.1) is 0 Å². The maximum Gasteiger partial charge on any atom is 0.212 e. The van der Waals surface area contributed by atoms with E-state index < -0.39 is 0 Å². The van der Waals surface area contributed by atoms with Crippen molar-refractivity contribution >= 4 is 0 Å². The van der Waals surface area contributed by atoms with Crippen molar-refractivity contribution in [3.05, 3.63) is 266 Å². The van der Waals surface area contributed by atoms with Crippen LogP contribution < -0.4 is 22.8 Å². The molecule has 0 radical (unpaired) electrons.